The first-order valence-electron chi connectivity index (χ1n) is 7.34. The number of aromatic nitrogens is 1. The molecule has 1 aliphatic heterocycles. The molecule has 0 saturated carbocycles. The van der Waals surface area contributed by atoms with Gasteiger partial charge in [-0.05, 0) is 31.2 Å². The molecule has 1 aliphatic rings. The Morgan fingerprint density at radius 2 is 2.23 bits per heavy atom. The lowest BCUT2D eigenvalue weighted by Gasteiger charge is -2.30. The van der Waals surface area contributed by atoms with Crippen LogP contribution in [0.3, 0.4) is 0 Å². The average molecular weight is 322 g/mol. The summed E-state index contributed by atoms with van der Waals surface area (Å²) < 4.78 is 24.0. The van der Waals surface area contributed by atoms with Crippen molar-refractivity contribution in [2.75, 3.05) is 19.7 Å². The molecule has 1 saturated heterocycles. The zero-order chi connectivity index (χ0) is 15.4. The molecule has 0 bridgehead atoms. The lowest BCUT2D eigenvalue weighted by Crippen LogP contribution is -2.40. The second-order valence-electron chi connectivity index (χ2n) is 5.39. The lowest BCUT2D eigenvalue weighted by atomic mass is 10.3. The van der Waals surface area contributed by atoms with E-state index in [-0.39, 0.29) is 11.9 Å². The van der Waals surface area contributed by atoms with E-state index in [4.69, 9.17) is 9.47 Å². The number of halogens is 1. The minimum atomic E-state index is -0.261. The van der Waals surface area contributed by atoms with E-state index in [1.165, 1.54) is 12.1 Å². The minimum absolute atomic E-state index is 0.261. The maximum Gasteiger partial charge on any atom is 0.140 e. The first-order valence-corrected chi connectivity index (χ1v) is 8.22. The number of rotatable bonds is 5. The standard InChI is InChI=1S/C16H19FN2O2S/c1-12-8-19(6-7-20-12)9-14-11-22-16(18-14)10-21-15-4-2-13(17)3-5-15/h2-5,11-12H,6-10H2,1H3. The highest BCUT2D eigenvalue weighted by Crippen LogP contribution is 2.17. The molecule has 1 aromatic heterocycles. The van der Waals surface area contributed by atoms with Crippen molar-refractivity contribution in [2.45, 2.75) is 26.2 Å². The maximum absolute atomic E-state index is 12.8. The van der Waals surface area contributed by atoms with Crippen LogP contribution < -0.4 is 4.74 Å². The summed E-state index contributed by atoms with van der Waals surface area (Å²) in [5, 5.41) is 3.00. The van der Waals surface area contributed by atoms with E-state index in [1.54, 1.807) is 23.5 Å². The van der Waals surface area contributed by atoms with Gasteiger partial charge in [-0.15, -0.1) is 11.3 Å². The van der Waals surface area contributed by atoms with Gasteiger partial charge >= 0.3 is 0 Å². The van der Waals surface area contributed by atoms with Gasteiger partial charge in [0.25, 0.3) is 0 Å². The summed E-state index contributed by atoms with van der Waals surface area (Å²) in [7, 11) is 0. The smallest absolute Gasteiger partial charge is 0.140 e. The average Bonchev–Trinajstić information content (AvgIpc) is 2.94. The minimum Gasteiger partial charge on any atom is -0.486 e. The predicted molar refractivity (Wildman–Crippen MR) is 83.5 cm³/mol. The highest BCUT2D eigenvalue weighted by molar-refractivity contribution is 7.09. The first kappa shape index (κ1) is 15.4. The molecular weight excluding hydrogens is 303 g/mol. The van der Waals surface area contributed by atoms with E-state index in [2.05, 4.69) is 22.2 Å². The molecule has 1 fully saturated rings. The SMILES string of the molecule is CC1CN(Cc2csc(COc3ccc(F)cc3)n2)CCO1. The van der Waals surface area contributed by atoms with Crippen LogP contribution in [0.15, 0.2) is 29.6 Å². The Labute approximate surface area is 133 Å². The fourth-order valence-electron chi connectivity index (χ4n) is 2.43. The van der Waals surface area contributed by atoms with Gasteiger partial charge in [-0.2, -0.15) is 0 Å². The molecule has 0 radical (unpaired) electrons. The molecule has 1 unspecified atom stereocenters. The predicted octanol–water partition coefficient (Wildman–Crippen LogP) is 3.08. The van der Waals surface area contributed by atoms with E-state index < -0.39 is 0 Å². The molecule has 0 aliphatic carbocycles. The van der Waals surface area contributed by atoms with Gasteiger partial charge in [0.15, 0.2) is 0 Å². The van der Waals surface area contributed by atoms with Gasteiger partial charge in [-0.1, -0.05) is 0 Å². The van der Waals surface area contributed by atoms with Crippen molar-refractivity contribution in [1.29, 1.82) is 0 Å². The molecule has 6 heteroatoms. The van der Waals surface area contributed by atoms with Crippen molar-refractivity contribution >= 4 is 11.3 Å². The summed E-state index contributed by atoms with van der Waals surface area (Å²) in [5.74, 6) is 0.392. The summed E-state index contributed by atoms with van der Waals surface area (Å²) in [6.07, 6.45) is 0.286. The molecule has 0 spiro atoms. The summed E-state index contributed by atoms with van der Waals surface area (Å²) >= 11 is 1.59. The number of thiazole rings is 1. The molecule has 4 nitrogen and oxygen atoms in total. The lowest BCUT2D eigenvalue weighted by molar-refractivity contribution is -0.0215. The maximum atomic E-state index is 12.8. The molecule has 2 heterocycles. The number of ether oxygens (including phenoxy) is 2. The van der Waals surface area contributed by atoms with E-state index in [9.17, 15) is 4.39 Å². The monoisotopic (exact) mass is 322 g/mol. The Balaban J connectivity index is 1.51. The van der Waals surface area contributed by atoms with Gasteiger partial charge in [0.1, 0.15) is 23.2 Å². The highest BCUT2D eigenvalue weighted by Gasteiger charge is 2.17. The first-order chi connectivity index (χ1) is 10.7. The Bertz CT molecular complexity index is 602. The third kappa shape index (κ3) is 4.25. The fourth-order valence-corrected chi connectivity index (χ4v) is 3.12. The molecule has 0 N–H and O–H groups in total. The van der Waals surface area contributed by atoms with Crippen molar-refractivity contribution in [3.63, 3.8) is 0 Å². The van der Waals surface area contributed by atoms with Gasteiger partial charge in [0.2, 0.25) is 0 Å². The summed E-state index contributed by atoms with van der Waals surface area (Å²) in [6, 6.07) is 6.03. The molecule has 1 aromatic carbocycles. The molecule has 118 valence electrons. The number of benzene rings is 1. The fraction of sp³-hybridized carbons (Fsp3) is 0.438. The Morgan fingerprint density at radius 3 is 3.00 bits per heavy atom. The number of hydrogen-bond donors (Lipinski definition) is 0. The number of hydrogen-bond acceptors (Lipinski definition) is 5. The van der Waals surface area contributed by atoms with Crippen LogP contribution in [-0.4, -0.2) is 35.7 Å². The summed E-state index contributed by atoms with van der Waals surface area (Å²) in [6.45, 7) is 6.03. The molecule has 1 atom stereocenters. The third-order valence-electron chi connectivity index (χ3n) is 3.49. The molecule has 0 amide bonds. The topological polar surface area (TPSA) is 34.6 Å². The Hall–Kier alpha value is -1.50. The van der Waals surface area contributed by atoms with E-state index in [0.717, 1.165) is 36.9 Å². The second kappa shape index (κ2) is 7.17. The zero-order valence-electron chi connectivity index (χ0n) is 12.5. The molecule has 22 heavy (non-hydrogen) atoms. The van der Waals surface area contributed by atoms with Gasteiger partial charge in [0.05, 0.1) is 18.4 Å². The van der Waals surface area contributed by atoms with Crippen LogP contribution in [0.25, 0.3) is 0 Å². The summed E-state index contributed by atoms with van der Waals surface area (Å²) in [5.41, 5.74) is 1.07. The van der Waals surface area contributed by atoms with Crippen LogP contribution >= 0.6 is 11.3 Å². The van der Waals surface area contributed by atoms with E-state index >= 15 is 0 Å². The van der Waals surface area contributed by atoms with E-state index in [1.807, 2.05) is 0 Å². The van der Waals surface area contributed by atoms with Gasteiger partial charge in [-0.3, -0.25) is 4.90 Å². The molecule has 3 rings (SSSR count). The Morgan fingerprint density at radius 1 is 1.41 bits per heavy atom. The van der Waals surface area contributed by atoms with Crippen LogP contribution in [-0.2, 0) is 17.9 Å². The van der Waals surface area contributed by atoms with Crippen LogP contribution in [0.2, 0.25) is 0 Å². The number of nitrogens with zero attached hydrogens (tertiary/aromatic N) is 2. The summed E-state index contributed by atoms with van der Waals surface area (Å²) in [4.78, 5) is 6.95. The highest BCUT2D eigenvalue weighted by atomic mass is 32.1. The van der Waals surface area contributed by atoms with Crippen molar-refractivity contribution in [1.82, 2.24) is 9.88 Å². The Kier molecular flexibility index (Phi) is 5.02. The quantitative estimate of drug-likeness (QED) is 0.847. The van der Waals surface area contributed by atoms with Gasteiger partial charge < -0.3 is 9.47 Å². The van der Waals surface area contributed by atoms with Crippen molar-refractivity contribution in [3.8, 4) is 5.75 Å². The van der Waals surface area contributed by atoms with Crippen LogP contribution in [0.1, 0.15) is 17.6 Å². The number of morpholine rings is 1. The van der Waals surface area contributed by atoms with Gasteiger partial charge in [0, 0.05) is 25.0 Å². The largest absolute Gasteiger partial charge is 0.486 e. The zero-order valence-corrected chi connectivity index (χ0v) is 13.3. The van der Waals surface area contributed by atoms with Gasteiger partial charge in [-0.25, -0.2) is 9.37 Å². The van der Waals surface area contributed by atoms with Crippen LogP contribution in [0, 0.1) is 5.82 Å². The van der Waals surface area contributed by atoms with Crippen molar-refractivity contribution in [2.24, 2.45) is 0 Å². The molecular formula is C16H19FN2O2S. The van der Waals surface area contributed by atoms with Crippen LogP contribution in [0.4, 0.5) is 4.39 Å². The second-order valence-corrected chi connectivity index (χ2v) is 6.33. The van der Waals surface area contributed by atoms with Crippen molar-refractivity contribution in [3.05, 3.63) is 46.2 Å². The third-order valence-corrected chi connectivity index (χ3v) is 4.36. The normalized spacial score (nSPS) is 19.3. The molecule has 2 aromatic rings. The van der Waals surface area contributed by atoms with E-state index in [0.29, 0.717) is 12.4 Å². The van der Waals surface area contributed by atoms with Crippen molar-refractivity contribution < 1.29 is 13.9 Å². The van der Waals surface area contributed by atoms with Crippen LogP contribution in [0.5, 0.6) is 5.75 Å².